The molecule has 0 unspecified atom stereocenters. The van der Waals surface area contributed by atoms with Crippen molar-refractivity contribution < 1.29 is 0 Å². The fourth-order valence-electron chi connectivity index (χ4n) is 6.99. The first-order valence-corrected chi connectivity index (χ1v) is 13.8. The molecule has 0 saturated carbocycles. The molecule has 0 radical (unpaired) electrons. The maximum atomic E-state index is 2.51. The summed E-state index contributed by atoms with van der Waals surface area (Å²) in [6, 6.07) is 48.4. The van der Waals surface area contributed by atoms with Crippen molar-refractivity contribution in [3.05, 3.63) is 133 Å². The Kier molecular flexibility index (Phi) is 4.26. The zero-order chi connectivity index (χ0) is 26.4. The Morgan fingerprint density at radius 3 is 1.55 bits per heavy atom. The van der Waals surface area contributed by atoms with Crippen LogP contribution in [0, 0.1) is 0 Å². The number of nitrogens with zero attached hydrogens (tertiary/aromatic N) is 3. The first-order chi connectivity index (χ1) is 19.8. The van der Waals surface area contributed by atoms with Crippen LogP contribution in [0.4, 0.5) is 0 Å². The van der Waals surface area contributed by atoms with Gasteiger partial charge in [-0.15, -0.1) is 0 Å². The van der Waals surface area contributed by atoms with E-state index in [4.69, 9.17) is 0 Å². The van der Waals surface area contributed by atoms with Gasteiger partial charge < -0.3 is 13.7 Å². The minimum absolute atomic E-state index is 1.16. The molecule has 0 atom stereocenters. The smallest absolute Gasteiger partial charge is 0.0785 e. The Morgan fingerprint density at radius 2 is 0.850 bits per heavy atom. The molecule has 9 aromatic rings. The van der Waals surface area contributed by atoms with Gasteiger partial charge in [0.05, 0.1) is 33.3 Å². The fraction of sp³-hybridized carbons (Fsp3) is 0.0270. The van der Waals surface area contributed by atoms with Gasteiger partial charge in [-0.1, -0.05) is 97.1 Å². The molecule has 0 aliphatic heterocycles. The maximum absolute atomic E-state index is 2.51. The summed E-state index contributed by atoms with van der Waals surface area (Å²) >= 11 is 0. The summed E-state index contributed by atoms with van der Waals surface area (Å²) in [5.74, 6) is 0. The fourth-order valence-corrected chi connectivity index (χ4v) is 6.99. The van der Waals surface area contributed by atoms with E-state index in [0.717, 1.165) is 5.69 Å². The number of para-hydroxylation sites is 5. The van der Waals surface area contributed by atoms with Crippen molar-refractivity contribution in [3.63, 3.8) is 0 Å². The molecule has 0 bridgehead atoms. The normalized spacial score (nSPS) is 12.1. The Morgan fingerprint density at radius 1 is 0.350 bits per heavy atom. The number of aromatic nitrogens is 3. The van der Waals surface area contributed by atoms with Gasteiger partial charge in [0.15, 0.2) is 0 Å². The third kappa shape index (κ3) is 2.69. The van der Waals surface area contributed by atoms with Crippen LogP contribution in [0.1, 0.15) is 0 Å². The van der Waals surface area contributed by atoms with E-state index in [-0.39, 0.29) is 0 Å². The SMILES string of the molecule is Cn1c2ccccc2c2ccc3c4ccccc4n(-c4cccc5c6ccccc6n(-c6ccccc6)c45)c3c21. The first-order valence-electron chi connectivity index (χ1n) is 13.8. The maximum Gasteiger partial charge on any atom is 0.0785 e. The monoisotopic (exact) mass is 511 g/mol. The molecule has 40 heavy (non-hydrogen) atoms. The van der Waals surface area contributed by atoms with Crippen molar-refractivity contribution in [1.82, 2.24) is 13.7 Å². The summed E-state index contributed by atoms with van der Waals surface area (Å²) < 4.78 is 7.31. The molecule has 3 nitrogen and oxygen atoms in total. The molecule has 3 heteroatoms. The molecule has 188 valence electrons. The van der Waals surface area contributed by atoms with E-state index in [1.54, 1.807) is 0 Å². The summed E-state index contributed by atoms with van der Waals surface area (Å²) in [7, 11) is 2.20. The van der Waals surface area contributed by atoms with Gasteiger partial charge in [-0.05, 0) is 36.4 Å². The van der Waals surface area contributed by atoms with E-state index in [0.29, 0.717) is 0 Å². The lowest BCUT2D eigenvalue weighted by atomic mass is 10.1. The van der Waals surface area contributed by atoms with Crippen LogP contribution in [0.2, 0.25) is 0 Å². The van der Waals surface area contributed by atoms with Crippen molar-refractivity contribution in [3.8, 4) is 11.4 Å². The van der Waals surface area contributed by atoms with E-state index in [1.807, 2.05) is 0 Å². The Labute approximate surface area is 230 Å². The molecule has 0 aliphatic carbocycles. The lowest BCUT2D eigenvalue weighted by Crippen LogP contribution is -2.01. The van der Waals surface area contributed by atoms with Crippen LogP contribution >= 0.6 is 0 Å². The van der Waals surface area contributed by atoms with Crippen LogP contribution in [0.15, 0.2) is 133 Å². The average Bonchev–Trinajstić information content (AvgIpc) is 3.64. The van der Waals surface area contributed by atoms with Crippen molar-refractivity contribution in [2.45, 2.75) is 0 Å². The van der Waals surface area contributed by atoms with E-state index < -0.39 is 0 Å². The van der Waals surface area contributed by atoms with Gasteiger partial charge in [0.25, 0.3) is 0 Å². The summed E-state index contributed by atoms with van der Waals surface area (Å²) in [5, 5.41) is 7.63. The average molecular weight is 512 g/mol. The van der Waals surface area contributed by atoms with Gasteiger partial charge in [-0.3, -0.25) is 0 Å². The number of fused-ring (bicyclic) bond motifs is 10. The minimum atomic E-state index is 1.16. The molecule has 0 N–H and O–H groups in total. The van der Waals surface area contributed by atoms with Crippen LogP contribution in [-0.2, 0) is 7.05 Å². The predicted molar refractivity (Wildman–Crippen MR) is 169 cm³/mol. The summed E-state index contributed by atoms with van der Waals surface area (Å²) in [6.07, 6.45) is 0. The van der Waals surface area contributed by atoms with Crippen molar-refractivity contribution in [1.29, 1.82) is 0 Å². The van der Waals surface area contributed by atoms with Crippen molar-refractivity contribution in [2.75, 3.05) is 0 Å². The van der Waals surface area contributed by atoms with Crippen LogP contribution in [0.3, 0.4) is 0 Å². The molecule has 9 rings (SSSR count). The zero-order valence-electron chi connectivity index (χ0n) is 22.0. The molecule has 3 heterocycles. The van der Waals surface area contributed by atoms with Gasteiger partial charge >= 0.3 is 0 Å². The van der Waals surface area contributed by atoms with Crippen molar-refractivity contribution >= 4 is 65.4 Å². The second-order valence-electron chi connectivity index (χ2n) is 10.6. The van der Waals surface area contributed by atoms with Crippen LogP contribution in [0.5, 0.6) is 0 Å². The van der Waals surface area contributed by atoms with E-state index >= 15 is 0 Å². The summed E-state index contributed by atoms with van der Waals surface area (Å²) in [4.78, 5) is 0. The highest BCUT2D eigenvalue weighted by molar-refractivity contribution is 6.24. The second-order valence-corrected chi connectivity index (χ2v) is 10.6. The second kappa shape index (κ2) is 7.87. The molecule has 0 fully saturated rings. The van der Waals surface area contributed by atoms with Gasteiger partial charge in [0, 0.05) is 50.6 Å². The molecule has 0 amide bonds. The molecular weight excluding hydrogens is 486 g/mol. The Hall–Kier alpha value is -5.28. The van der Waals surface area contributed by atoms with Crippen LogP contribution in [0.25, 0.3) is 76.8 Å². The topological polar surface area (TPSA) is 14.8 Å². The standard InChI is InChI=1S/C37H25N3/c1-38-31-18-8-5-14-25(31)29-22-23-30-27-16-7-10-20-33(27)40(37(30)36(29)38)34-21-11-17-28-26-15-6-9-19-32(26)39(35(28)34)24-12-3-2-4-13-24/h2-23H,1H3. The summed E-state index contributed by atoms with van der Waals surface area (Å²) in [6.45, 7) is 0. The highest BCUT2D eigenvalue weighted by Crippen LogP contribution is 2.42. The van der Waals surface area contributed by atoms with Crippen molar-refractivity contribution in [2.24, 2.45) is 7.05 Å². The van der Waals surface area contributed by atoms with E-state index in [9.17, 15) is 0 Å². The van der Waals surface area contributed by atoms with E-state index in [1.165, 1.54) is 71.1 Å². The van der Waals surface area contributed by atoms with E-state index in [2.05, 4.69) is 154 Å². The van der Waals surface area contributed by atoms with Gasteiger partial charge in [-0.25, -0.2) is 0 Å². The number of hydrogen-bond donors (Lipinski definition) is 0. The molecule has 3 aromatic heterocycles. The Bertz CT molecular complexity index is 2430. The molecule has 6 aromatic carbocycles. The lowest BCUT2D eigenvalue weighted by molar-refractivity contribution is 1.01. The molecular formula is C37H25N3. The quantitative estimate of drug-likeness (QED) is 0.219. The molecule has 0 spiro atoms. The highest BCUT2D eigenvalue weighted by Gasteiger charge is 2.22. The zero-order valence-corrected chi connectivity index (χ0v) is 22.0. The van der Waals surface area contributed by atoms with Crippen LogP contribution < -0.4 is 0 Å². The largest absolute Gasteiger partial charge is 0.342 e. The van der Waals surface area contributed by atoms with Gasteiger partial charge in [0.2, 0.25) is 0 Å². The van der Waals surface area contributed by atoms with Crippen LogP contribution in [-0.4, -0.2) is 13.7 Å². The number of benzene rings is 6. The number of rotatable bonds is 2. The van der Waals surface area contributed by atoms with Gasteiger partial charge in [0.1, 0.15) is 0 Å². The molecule has 0 saturated heterocycles. The lowest BCUT2D eigenvalue weighted by Gasteiger charge is -2.15. The minimum Gasteiger partial charge on any atom is -0.342 e. The summed E-state index contributed by atoms with van der Waals surface area (Å²) in [5.41, 5.74) is 9.74. The third-order valence-electron chi connectivity index (χ3n) is 8.63. The molecule has 0 aliphatic rings. The highest BCUT2D eigenvalue weighted by atomic mass is 15.1. The number of aryl methyl sites for hydroxylation is 1. The predicted octanol–water partition coefficient (Wildman–Crippen LogP) is 9.53. The van der Waals surface area contributed by atoms with Gasteiger partial charge in [-0.2, -0.15) is 0 Å². The first kappa shape index (κ1) is 21.6. The number of hydrogen-bond acceptors (Lipinski definition) is 0. The Balaban J connectivity index is 1.56. The third-order valence-corrected chi connectivity index (χ3v) is 8.63.